The van der Waals surface area contributed by atoms with Gasteiger partial charge in [-0.3, -0.25) is 4.98 Å². The summed E-state index contributed by atoms with van der Waals surface area (Å²) in [7, 11) is 2.08. The predicted molar refractivity (Wildman–Crippen MR) is 69.8 cm³/mol. The van der Waals surface area contributed by atoms with Crippen LogP contribution in [0.3, 0.4) is 0 Å². The lowest BCUT2D eigenvalue weighted by molar-refractivity contribution is 0.973. The van der Waals surface area contributed by atoms with Gasteiger partial charge in [-0.25, -0.2) is 0 Å². The number of anilines is 2. The summed E-state index contributed by atoms with van der Waals surface area (Å²) in [6.45, 7) is 5.11. The average molecular weight is 215 g/mol. The van der Waals surface area contributed by atoms with Crippen LogP contribution in [0.25, 0.3) is 10.8 Å². The Hall–Kier alpha value is -1.77. The van der Waals surface area contributed by atoms with Gasteiger partial charge in [0, 0.05) is 47.6 Å². The smallest absolute Gasteiger partial charge is 0.0445 e. The van der Waals surface area contributed by atoms with Gasteiger partial charge in [0.2, 0.25) is 0 Å². The summed E-state index contributed by atoms with van der Waals surface area (Å²) < 4.78 is 0. The van der Waals surface area contributed by atoms with Gasteiger partial charge in [0.05, 0.1) is 0 Å². The van der Waals surface area contributed by atoms with Crippen molar-refractivity contribution in [3.63, 3.8) is 0 Å². The highest BCUT2D eigenvalue weighted by Crippen LogP contribution is 2.30. The van der Waals surface area contributed by atoms with Crippen LogP contribution in [-0.4, -0.2) is 18.6 Å². The zero-order valence-corrected chi connectivity index (χ0v) is 9.99. The van der Waals surface area contributed by atoms with Crippen molar-refractivity contribution in [3.05, 3.63) is 30.1 Å². The molecule has 84 valence electrons. The SMILES string of the molecule is CCN(C)c1ccc(N)c2cnc(C)cc12. The molecule has 16 heavy (non-hydrogen) atoms. The molecule has 0 amide bonds. The Labute approximate surface area is 95.9 Å². The fraction of sp³-hybridized carbons (Fsp3) is 0.308. The molecular weight excluding hydrogens is 198 g/mol. The van der Waals surface area contributed by atoms with E-state index < -0.39 is 0 Å². The Balaban J connectivity index is 2.75. The van der Waals surface area contributed by atoms with Gasteiger partial charge in [-0.05, 0) is 32.0 Å². The predicted octanol–water partition coefficient (Wildman–Crippen LogP) is 2.58. The summed E-state index contributed by atoms with van der Waals surface area (Å²) in [6, 6.07) is 6.11. The van der Waals surface area contributed by atoms with Crippen LogP contribution in [0.2, 0.25) is 0 Å². The maximum absolute atomic E-state index is 5.96. The van der Waals surface area contributed by atoms with Gasteiger partial charge in [0.1, 0.15) is 0 Å². The van der Waals surface area contributed by atoms with Crippen LogP contribution in [0.1, 0.15) is 12.6 Å². The lowest BCUT2D eigenvalue weighted by Crippen LogP contribution is -2.16. The lowest BCUT2D eigenvalue weighted by Gasteiger charge is -2.19. The van der Waals surface area contributed by atoms with Gasteiger partial charge in [0.15, 0.2) is 0 Å². The normalized spacial score (nSPS) is 10.7. The van der Waals surface area contributed by atoms with E-state index in [1.54, 1.807) is 0 Å². The highest BCUT2D eigenvalue weighted by atomic mass is 15.1. The van der Waals surface area contributed by atoms with Gasteiger partial charge in [0.25, 0.3) is 0 Å². The van der Waals surface area contributed by atoms with Gasteiger partial charge >= 0.3 is 0 Å². The number of aryl methyl sites for hydroxylation is 1. The molecule has 0 aliphatic carbocycles. The molecule has 0 bridgehead atoms. The molecule has 0 unspecified atom stereocenters. The topological polar surface area (TPSA) is 42.1 Å². The number of hydrogen-bond donors (Lipinski definition) is 1. The third-order valence-electron chi connectivity index (χ3n) is 2.93. The Bertz CT molecular complexity index is 520. The monoisotopic (exact) mass is 215 g/mol. The standard InChI is InChI=1S/C13H17N3/c1-4-16(3)13-6-5-12(14)11-8-15-9(2)7-10(11)13/h5-8H,4,14H2,1-3H3. The zero-order valence-electron chi connectivity index (χ0n) is 9.99. The number of nitrogens with zero attached hydrogens (tertiary/aromatic N) is 2. The van der Waals surface area contributed by atoms with E-state index in [1.807, 2.05) is 19.2 Å². The van der Waals surface area contributed by atoms with Crippen LogP contribution >= 0.6 is 0 Å². The number of rotatable bonds is 2. The lowest BCUT2D eigenvalue weighted by atomic mass is 10.1. The van der Waals surface area contributed by atoms with Crippen molar-refractivity contribution in [2.24, 2.45) is 0 Å². The van der Waals surface area contributed by atoms with Crippen molar-refractivity contribution >= 4 is 22.1 Å². The molecule has 0 saturated heterocycles. The molecular formula is C13H17N3. The molecule has 2 aromatic rings. The van der Waals surface area contributed by atoms with Crippen LogP contribution in [-0.2, 0) is 0 Å². The zero-order chi connectivity index (χ0) is 11.7. The van der Waals surface area contributed by atoms with E-state index in [2.05, 4.69) is 36.0 Å². The maximum Gasteiger partial charge on any atom is 0.0445 e. The van der Waals surface area contributed by atoms with Crippen molar-refractivity contribution in [2.75, 3.05) is 24.2 Å². The quantitative estimate of drug-likeness (QED) is 0.783. The summed E-state index contributed by atoms with van der Waals surface area (Å²) in [5.41, 5.74) is 8.97. The molecule has 1 heterocycles. The molecule has 3 nitrogen and oxygen atoms in total. The Kier molecular flexibility index (Phi) is 2.69. The molecule has 0 aliphatic heterocycles. The largest absolute Gasteiger partial charge is 0.398 e. The fourth-order valence-corrected chi connectivity index (χ4v) is 1.85. The minimum absolute atomic E-state index is 0.788. The molecule has 2 rings (SSSR count). The molecule has 0 fully saturated rings. The van der Waals surface area contributed by atoms with E-state index in [1.165, 1.54) is 11.1 Å². The summed E-state index contributed by atoms with van der Waals surface area (Å²) in [5.74, 6) is 0. The highest BCUT2D eigenvalue weighted by Gasteiger charge is 2.07. The summed E-state index contributed by atoms with van der Waals surface area (Å²) in [6.07, 6.45) is 1.85. The van der Waals surface area contributed by atoms with E-state index in [-0.39, 0.29) is 0 Å². The molecule has 0 spiro atoms. The van der Waals surface area contributed by atoms with Crippen LogP contribution in [0.15, 0.2) is 24.4 Å². The molecule has 0 saturated carbocycles. The van der Waals surface area contributed by atoms with Crippen molar-refractivity contribution in [3.8, 4) is 0 Å². The first-order chi connectivity index (χ1) is 7.63. The van der Waals surface area contributed by atoms with Gasteiger partial charge in [-0.15, -0.1) is 0 Å². The first-order valence-corrected chi connectivity index (χ1v) is 5.49. The second-order valence-electron chi connectivity index (χ2n) is 4.06. The highest BCUT2D eigenvalue weighted by molar-refractivity contribution is 6.01. The fourth-order valence-electron chi connectivity index (χ4n) is 1.85. The van der Waals surface area contributed by atoms with E-state index in [0.29, 0.717) is 0 Å². The number of nitrogens with two attached hydrogens (primary N) is 1. The van der Waals surface area contributed by atoms with E-state index in [4.69, 9.17) is 5.73 Å². The summed E-state index contributed by atoms with van der Waals surface area (Å²) >= 11 is 0. The van der Waals surface area contributed by atoms with Crippen LogP contribution in [0.5, 0.6) is 0 Å². The molecule has 1 aromatic carbocycles. The Morgan fingerprint density at radius 2 is 2.06 bits per heavy atom. The Morgan fingerprint density at radius 1 is 1.31 bits per heavy atom. The van der Waals surface area contributed by atoms with Crippen molar-refractivity contribution < 1.29 is 0 Å². The van der Waals surface area contributed by atoms with E-state index in [9.17, 15) is 0 Å². The number of hydrogen-bond acceptors (Lipinski definition) is 3. The minimum Gasteiger partial charge on any atom is -0.398 e. The summed E-state index contributed by atoms with van der Waals surface area (Å²) in [5, 5.41) is 2.21. The average Bonchev–Trinajstić information content (AvgIpc) is 2.28. The molecule has 1 aromatic heterocycles. The van der Waals surface area contributed by atoms with Gasteiger partial charge in [-0.1, -0.05) is 0 Å². The van der Waals surface area contributed by atoms with Crippen LogP contribution in [0, 0.1) is 6.92 Å². The molecule has 0 radical (unpaired) electrons. The minimum atomic E-state index is 0.788. The molecule has 0 atom stereocenters. The van der Waals surface area contributed by atoms with Crippen molar-refractivity contribution in [1.29, 1.82) is 0 Å². The van der Waals surface area contributed by atoms with Gasteiger partial charge < -0.3 is 10.6 Å². The maximum atomic E-state index is 5.96. The van der Waals surface area contributed by atoms with Crippen molar-refractivity contribution in [2.45, 2.75) is 13.8 Å². The second-order valence-corrected chi connectivity index (χ2v) is 4.06. The van der Waals surface area contributed by atoms with Crippen LogP contribution < -0.4 is 10.6 Å². The second kappa shape index (κ2) is 4.00. The number of fused-ring (bicyclic) bond motifs is 1. The van der Waals surface area contributed by atoms with Gasteiger partial charge in [-0.2, -0.15) is 0 Å². The number of nitrogen functional groups attached to an aromatic ring is 1. The molecule has 2 N–H and O–H groups in total. The number of aromatic nitrogens is 1. The first-order valence-electron chi connectivity index (χ1n) is 5.49. The number of pyridine rings is 1. The third kappa shape index (κ3) is 1.69. The van der Waals surface area contributed by atoms with Crippen LogP contribution in [0.4, 0.5) is 11.4 Å². The Morgan fingerprint density at radius 3 is 2.75 bits per heavy atom. The molecule has 0 aliphatic rings. The van der Waals surface area contributed by atoms with E-state index >= 15 is 0 Å². The number of benzene rings is 1. The third-order valence-corrected chi connectivity index (χ3v) is 2.93. The van der Waals surface area contributed by atoms with Crippen molar-refractivity contribution in [1.82, 2.24) is 4.98 Å². The first kappa shape index (κ1) is 10.7. The molecule has 3 heteroatoms. The van der Waals surface area contributed by atoms with E-state index in [0.717, 1.165) is 23.3 Å². The summed E-state index contributed by atoms with van der Waals surface area (Å²) in [4.78, 5) is 6.51.